The minimum atomic E-state index is -1.56. The Kier molecular flexibility index (Phi) is 4.53. The first kappa shape index (κ1) is 16.4. The molecule has 0 radical (unpaired) electrons. The Balaban J connectivity index is 1.75. The van der Waals surface area contributed by atoms with E-state index in [-0.39, 0.29) is 18.0 Å². The van der Waals surface area contributed by atoms with Crippen molar-refractivity contribution in [2.24, 2.45) is 0 Å². The molecule has 0 saturated carbocycles. The molecule has 0 unspecified atom stereocenters. The predicted octanol–water partition coefficient (Wildman–Crippen LogP) is 2.73. The van der Waals surface area contributed by atoms with Crippen LogP contribution in [0.3, 0.4) is 0 Å². The van der Waals surface area contributed by atoms with Gasteiger partial charge in [-0.3, -0.25) is 9.78 Å². The maximum Gasteiger partial charge on any atom is 0.227 e. The van der Waals surface area contributed by atoms with E-state index in [1.54, 1.807) is 18.3 Å². The zero-order valence-electron chi connectivity index (χ0n) is 12.6. The molecule has 1 aromatic heterocycles. The molecule has 7 heteroatoms. The van der Waals surface area contributed by atoms with Gasteiger partial charge in [-0.05, 0) is 30.5 Å². The summed E-state index contributed by atoms with van der Waals surface area (Å²) in [7, 11) is 0. The number of rotatable bonds is 3. The summed E-state index contributed by atoms with van der Waals surface area (Å²) in [5.41, 5.74) is 0.951. The van der Waals surface area contributed by atoms with Gasteiger partial charge in [-0.25, -0.2) is 13.2 Å². The SMILES string of the molecule is O=C(NCc1ccc(F)c(F)c1F)[C@H]1CC[C@@H](O)c2ncccc21. The van der Waals surface area contributed by atoms with Crippen LogP contribution in [0.2, 0.25) is 0 Å². The molecule has 4 nitrogen and oxygen atoms in total. The van der Waals surface area contributed by atoms with Crippen LogP contribution in [0.15, 0.2) is 30.5 Å². The van der Waals surface area contributed by atoms with Crippen LogP contribution in [0.1, 0.15) is 41.7 Å². The van der Waals surface area contributed by atoms with Crippen molar-refractivity contribution in [2.45, 2.75) is 31.4 Å². The smallest absolute Gasteiger partial charge is 0.227 e. The minimum Gasteiger partial charge on any atom is -0.387 e. The number of aromatic nitrogens is 1. The number of nitrogens with one attached hydrogen (secondary N) is 1. The number of hydrogen-bond donors (Lipinski definition) is 2. The number of carbonyl (C=O) groups excluding carboxylic acids is 1. The summed E-state index contributed by atoms with van der Waals surface area (Å²) in [6.07, 6.45) is 1.64. The van der Waals surface area contributed by atoms with Gasteiger partial charge in [0.25, 0.3) is 0 Å². The Morgan fingerprint density at radius 3 is 2.79 bits per heavy atom. The van der Waals surface area contributed by atoms with Crippen molar-refractivity contribution in [3.8, 4) is 0 Å². The zero-order chi connectivity index (χ0) is 17.3. The predicted molar refractivity (Wildman–Crippen MR) is 79.3 cm³/mol. The minimum absolute atomic E-state index is 0.135. The van der Waals surface area contributed by atoms with Gasteiger partial charge in [-0.1, -0.05) is 12.1 Å². The number of fused-ring (bicyclic) bond motifs is 1. The normalized spacial score (nSPS) is 19.7. The third kappa shape index (κ3) is 2.99. The number of aliphatic hydroxyl groups excluding tert-OH is 1. The summed E-state index contributed by atoms with van der Waals surface area (Å²) in [6, 6.07) is 5.30. The molecule has 1 aliphatic rings. The van der Waals surface area contributed by atoms with Gasteiger partial charge < -0.3 is 10.4 Å². The highest BCUT2D eigenvalue weighted by atomic mass is 19.2. The van der Waals surface area contributed by atoms with E-state index in [2.05, 4.69) is 10.3 Å². The lowest BCUT2D eigenvalue weighted by atomic mass is 9.83. The molecule has 2 aromatic rings. The lowest BCUT2D eigenvalue weighted by molar-refractivity contribution is -0.123. The van der Waals surface area contributed by atoms with Crippen molar-refractivity contribution in [1.29, 1.82) is 0 Å². The number of pyridine rings is 1. The van der Waals surface area contributed by atoms with Crippen LogP contribution < -0.4 is 5.32 Å². The molecule has 126 valence electrons. The van der Waals surface area contributed by atoms with E-state index in [1.165, 1.54) is 0 Å². The highest BCUT2D eigenvalue weighted by Gasteiger charge is 2.31. The molecule has 1 aliphatic carbocycles. The molecule has 1 heterocycles. The largest absolute Gasteiger partial charge is 0.387 e. The quantitative estimate of drug-likeness (QED) is 0.847. The number of hydrogen-bond acceptors (Lipinski definition) is 3. The third-order valence-corrected chi connectivity index (χ3v) is 4.18. The van der Waals surface area contributed by atoms with E-state index in [0.717, 1.165) is 12.1 Å². The maximum absolute atomic E-state index is 13.6. The Hall–Kier alpha value is -2.41. The molecular formula is C17H15F3N2O2. The summed E-state index contributed by atoms with van der Waals surface area (Å²) >= 11 is 0. The van der Waals surface area contributed by atoms with Crippen molar-refractivity contribution in [3.63, 3.8) is 0 Å². The van der Waals surface area contributed by atoms with Gasteiger partial charge in [0, 0.05) is 18.3 Å². The average molecular weight is 336 g/mol. The third-order valence-electron chi connectivity index (χ3n) is 4.18. The second-order valence-corrected chi connectivity index (χ2v) is 5.68. The number of benzene rings is 1. The monoisotopic (exact) mass is 336 g/mol. The fourth-order valence-electron chi connectivity index (χ4n) is 2.90. The second kappa shape index (κ2) is 6.60. The molecule has 0 saturated heterocycles. The summed E-state index contributed by atoms with van der Waals surface area (Å²) in [4.78, 5) is 16.5. The van der Waals surface area contributed by atoms with E-state index in [0.29, 0.717) is 24.1 Å². The van der Waals surface area contributed by atoms with Crippen molar-refractivity contribution >= 4 is 5.91 Å². The molecule has 0 bridgehead atoms. The standard InChI is InChI=1S/C17H15F3N2O2/c18-12-5-3-9(14(19)15(12)20)8-22-17(24)11-4-6-13(23)16-10(11)2-1-7-21-16/h1-3,5,7,11,13,23H,4,6,8H2,(H,22,24)/t11-,13+/m0/s1. The van der Waals surface area contributed by atoms with Gasteiger partial charge in [0.2, 0.25) is 5.91 Å². The topological polar surface area (TPSA) is 62.2 Å². The number of carbonyl (C=O) groups is 1. The van der Waals surface area contributed by atoms with Crippen molar-refractivity contribution in [3.05, 3.63) is 64.7 Å². The zero-order valence-corrected chi connectivity index (χ0v) is 12.6. The molecule has 2 N–H and O–H groups in total. The Labute approximate surface area is 136 Å². The molecule has 24 heavy (non-hydrogen) atoms. The summed E-state index contributed by atoms with van der Waals surface area (Å²) < 4.78 is 39.8. The summed E-state index contributed by atoms with van der Waals surface area (Å²) in [6.45, 7) is -0.253. The van der Waals surface area contributed by atoms with Crippen molar-refractivity contribution in [1.82, 2.24) is 10.3 Å². The van der Waals surface area contributed by atoms with Gasteiger partial charge >= 0.3 is 0 Å². The van der Waals surface area contributed by atoms with E-state index in [9.17, 15) is 23.1 Å². The first-order chi connectivity index (χ1) is 11.5. The molecular weight excluding hydrogens is 321 g/mol. The van der Waals surface area contributed by atoms with Gasteiger partial charge in [-0.2, -0.15) is 0 Å². The number of halogens is 3. The van der Waals surface area contributed by atoms with Crippen LogP contribution in [0.4, 0.5) is 13.2 Å². The van der Waals surface area contributed by atoms with Gasteiger partial charge in [-0.15, -0.1) is 0 Å². The van der Waals surface area contributed by atoms with E-state index < -0.39 is 29.5 Å². The molecule has 0 fully saturated rings. The van der Waals surface area contributed by atoms with Crippen LogP contribution in [0, 0.1) is 17.5 Å². The first-order valence-electron chi connectivity index (χ1n) is 7.52. The Bertz CT molecular complexity index is 782. The van der Waals surface area contributed by atoms with Gasteiger partial charge in [0.05, 0.1) is 17.7 Å². The van der Waals surface area contributed by atoms with E-state index in [1.807, 2.05) is 0 Å². The molecule has 0 spiro atoms. The second-order valence-electron chi connectivity index (χ2n) is 5.68. The molecule has 2 atom stereocenters. The molecule has 1 amide bonds. The van der Waals surface area contributed by atoms with E-state index in [4.69, 9.17) is 0 Å². The fraction of sp³-hybridized carbons (Fsp3) is 0.294. The van der Waals surface area contributed by atoms with Crippen LogP contribution in [-0.2, 0) is 11.3 Å². The van der Waals surface area contributed by atoms with Crippen LogP contribution in [-0.4, -0.2) is 16.0 Å². The van der Waals surface area contributed by atoms with Crippen molar-refractivity contribution < 1.29 is 23.1 Å². The molecule has 1 aromatic carbocycles. The van der Waals surface area contributed by atoms with Crippen LogP contribution in [0.25, 0.3) is 0 Å². The lowest BCUT2D eigenvalue weighted by Crippen LogP contribution is -2.32. The highest BCUT2D eigenvalue weighted by Crippen LogP contribution is 2.36. The summed E-state index contributed by atoms with van der Waals surface area (Å²) in [5.74, 6) is -5.04. The number of nitrogens with zero attached hydrogens (tertiary/aromatic N) is 1. The fourth-order valence-corrected chi connectivity index (χ4v) is 2.90. The Morgan fingerprint density at radius 1 is 1.21 bits per heavy atom. The van der Waals surface area contributed by atoms with Crippen molar-refractivity contribution in [2.75, 3.05) is 0 Å². The van der Waals surface area contributed by atoms with E-state index >= 15 is 0 Å². The van der Waals surface area contributed by atoms with Gasteiger partial charge in [0.15, 0.2) is 17.5 Å². The molecule has 0 aliphatic heterocycles. The van der Waals surface area contributed by atoms with Crippen LogP contribution >= 0.6 is 0 Å². The van der Waals surface area contributed by atoms with Crippen LogP contribution in [0.5, 0.6) is 0 Å². The molecule has 3 rings (SSSR count). The average Bonchev–Trinajstić information content (AvgIpc) is 2.59. The van der Waals surface area contributed by atoms with Gasteiger partial charge in [0.1, 0.15) is 0 Å². The maximum atomic E-state index is 13.6. The first-order valence-corrected chi connectivity index (χ1v) is 7.52. The lowest BCUT2D eigenvalue weighted by Gasteiger charge is -2.27. The Morgan fingerprint density at radius 2 is 2.00 bits per heavy atom. The highest BCUT2D eigenvalue weighted by molar-refractivity contribution is 5.84. The number of aliphatic hydroxyl groups is 1. The summed E-state index contributed by atoms with van der Waals surface area (Å²) in [5, 5.41) is 12.5. The number of amides is 1.